The summed E-state index contributed by atoms with van der Waals surface area (Å²) in [5, 5.41) is 0. The average molecular weight is 380 g/mol. The van der Waals surface area contributed by atoms with Crippen molar-refractivity contribution < 1.29 is 16.8 Å². The van der Waals surface area contributed by atoms with E-state index in [0.717, 1.165) is 0 Å². The van der Waals surface area contributed by atoms with Crippen molar-refractivity contribution in [2.45, 2.75) is 22.8 Å². The van der Waals surface area contributed by atoms with Gasteiger partial charge in [0.05, 0.1) is 9.79 Å². The fourth-order valence-corrected chi connectivity index (χ4v) is 6.12. The molecule has 1 atom stereocenters. The van der Waals surface area contributed by atoms with Crippen molar-refractivity contribution in [3.05, 3.63) is 60.7 Å². The van der Waals surface area contributed by atoms with Gasteiger partial charge >= 0.3 is 0 Å². The Bertz CT molecular complexity index is 929. The van der Waals surface area contributed by atoms with Crippen LogP contribution in [0.1, 0.15) is 6.92 Å². The van der Waals surface area contributed by atoms with E-state index in [1.54, 1.807) is 67.6 Å². The molecule has 0 radical (unpaired) electrons. The maximum Gasteiger partial charge on any atom is 0.243 e. The van der Waals surface area contributed by atoms with E-state index in [-0.39, 0.29) is 29.4 Å². The maximum atomic E-state index is 12.8. The summed E-state index contributed by atoms with van der Waals surface area (Å²) in [6.45, 7) is 2.12. The molecule has 1 aliphatic rings. The van der Waals surface area contributed by atoms with Gasteiger partial charge in [-0.05, 0) is 31.2 Å². The molecule has 1 fully saturated rings. The summed E-state index contributed by atoms with van der Waals surface area (Å²) in [6.07, 6.45) is 0. The number of hydrogen-bond donors (Lipinski definition) is 0. The number of piperazine rings is 1. The Morgan fingerprint density at radius 1 is 0.760 bits per heavy atom. The second-order valence-corrected chi connectivity index (χ2v) is 9.78. The highest BCUT2D eigenvalue weighted by molar-refractivity contribution is 7.89. The van der Waals surface area contributed by atoms with Gasteiger partial charge in [-0.3, -0.25) is 0 Å². The molecule has 3 rings (SSSR count). The minimum absolute atomic E-state index is 0.128. The van der Waals surface area contributed by atoms with Crippen LogP contribution in [0, 0.1) is 0 Å². The third-order valence-corrected chi connectivity index (χ3v) is 8.17. The molecule has 0 unspecified atom stereocenters. The maximum absolute atomic E-state index is 12.8. The Hall–Kier alpha value is -1.74. The smallest absolute Gasteiger partial charge is 0.207 e. The van der Waals surface area contributed by atoms with Crippen molar-refractivity contribution in [2.24, 2.45) is 0 Å². The minimum atomic E-state index is -3.63. The van der Waals surface area contributed by atoms with Gasteiger partial charge in [-0.15, -0.1) is 0 Å². The zero-order chi connectivity index (χ0) is 18.1. The third kappa shape index (κ3) is 3.48. The number of benzene rings is 2. The summed E-state index contributed by atoms with van der Waals surface area (Å²) < 4.78 is 53.7. The summed E-state index contributed by atoms with van der Waals surface area (Å²) >= 11 is 0. The van der Waals surface area contributed by atoms with Gasteiger partial charge < -0.3 is 0 Å². The van der Waals surface area contributed by atoms with E-state index in [0.29, 0.717) is 0 Å². The van der Waals surface area contributed by atoms with E-state index in [1.807, 2.05) is 0 Å². The van der Waals surface area contributed by atoms with Gasteiger partial charge in [0.2, 0.25) is 20.0 Å². The number of rotatable bonds is 4. The van der Waals surface area contributed by atoms with Crippen LogP contribution in [0.5, 0.6) is 0 Å². The molecule has 0 bridgehead atoms. The zero-order valence-electron chi connectivity index (χ0n) is 13.8. The van der Waals surface area contributed by atoms with Gasteiger partial charge in [-0.1, -0.05) is 36.4 Å². The Kier molecular flexibility index (Phi) is 4.97. The van der Waals surface area contributed by atoms with Crippen LogP contribution in [0.3, 0.4) is 0 Å². The minimum Gasteiger partial charge on any atom is -0.207 e. The standard InChI is InChI=1S/C17H20N2O4S2/c1-15-14-18(24(20,21)16-8-4-2-5-9-16)12-13-19(15)25(22,23)17-10-6-3-7-11-17/h2-11,15H,12-14H2,1H3/t15-/m0/s1. The van der Waals surface area contributed by atoms with Crippen molar-refractivity contribution in [1.29, 1.82) is 0 Å². The Morgan fingerprint density at radius 3 is 1.72 bits per heavy atom. The molecule has 0 aromatic heterocycles. The van der Waals surface area contributed by atoms with E-state index < -0.39 is 26.1 Å². The number of sulfonamides is 2. The van der Waals surface area contributed by atoms with E-state index in [2.05, 4.69) is 0 Å². The van der Waals surface area contributed by atoms with Gasteiger partial charge in [0.15, 0.2) is 0 Å². The van der Waals surface area contributed by atoms with E-state index >= 15 is 0 Å². The van der Waals surface area contributed by atoms with Crippen LogP contribution < -0.4 is 0 Å². The molecule has 1 saturated heterocycles. The van der Waals surface area contributed by atoms with Crippen LogP contribution in [0.25, 0.3) is 0 Å². The Morgan fingerprint density at radius 2 is 1.24 bits per heavy atom. The van der Waals surface area contributed by atoms with Crippen LogP contribution in [0.4, 0.5) is 0 Å². The molecule has 0 spiro atoms. The fraction of sp³-hybridized carbons (Fsp3) is 0.294. The molecule has 1 aliphatic heterocycles. The third-order valence-electron chi connectivity index (χ3n) is 4.26. The largest absolute Gasteiger partial charge is 0.243 e. The van der Waals surface area contributed by atoms with Crippen molar-refractivity contribution in [3.63, 3.8) is 0 Å². The lowest BCUT2D eigenvalue weighted by Crippen LogP contribution is -2.55. The van der Waals surface area contributed by atoms with Crippen molar-refractivity contribution in [1.82, 2.24) is 8.61 Å². The van der Waals surface area contributed by atoms with Gasteiger partial charge in [-0.2, -0.15) is 8.61 Å². The van der Waals surface area contributed by atoms with E-state index in [1.165, 1.54) is 8.61 Å². The average Bonchev–Trinajstić information content (AvgIpc) is 2.63. The molecular formula is C17H20N2O4S2. The summed E-state index contributed by atoms with van der Waals surface area (Å²) in [6, 6.07) is 16.0. The summed E-state index contributed by atoms with van der Waals surface area (Å²) in [5.41, 5.74) is 0. The topological polar surface area (TPSA) is 74.8 Å². The van der Waals surface area contributed by atoms with Gasteiger partial charge in [0.1, 0.15) is 0 Å². The lowest BCUT2D eigenvalue weighted by atomic mass is 10.3. The van der Waals surface area contributed by atoms with Crippen molar-refractivity contribution >= 4 is 20.0 Å². The first kappa shape index (κ1) is 18.1. The molecule has 0 amide bonds. The first-order valence-corrected chi connectivity index (χ1v) is 10.8. The van der Waals surface area contributed by atoms with Gasteiger partial charge in [0, 0.05) is 25.7 Å². The normalized spacial score (nSPS) is 20.4. The second-order valence-electron chi connectivity index (χ2n) is 5.95. The predicted octanol–water partition coefficient (Wildman–Crippen LogP) is 1.77. The second kappa shape index (κ2) is 6.87. The van der Waals surface area contributed by atoms with Crippen LogP contribution in [-0.4, -0.2) is 51.1 Å². The van der Waals surface area contributed by atoms with Gasteiger partial charge in [-0.25, -0.2) is 16.8 Å². The van der Waals surface area contributed by atoms with Crippen LogP contribution >= 0.6 is 0 Å². The molecule has 0 saturated carbocycles. The first-order valence-electron chi connectivity index (χ1n) is 7.95. The van der Waals surface area contributed by atoms with E-state index in [4.69, 9.17) is 0 Å². The highest BCUT2D eigenvalue weighted by Crippen LogP contribution is 2.24. The molecule has 6 nitrogen and oxygen atoms in total. The summed E-state index contributed by atoms with van der Waals surface area (Å²) in [5.74, 6) is 0. The van der Waals surface area contributed by atoms with Crippen LogP contribution in [-0.2, 0) is 20.0 Å². The van der Waals surface area contributed by atoms with Crippen molar-refractivity contribution in [2.75, 3.05) is 19.6 Å². The highest BCUT2D eigenvalue weighted by Gasteiger charge is 2.37. The van der Waals surface area contributed by atoms with Crippen LogP contribution in [0.15, 0.2) is 70.5 Å². The Balaban J connectivity index is 1.82. The Labute approximate surface area is 148 Å². The quantitative estimate of drug-likeness (QED) is 0.810. The fourth-order valence-electron chi connectivity index (χ4n) is 2.95. The molecule has 134 valence electrons. The van der Waals surface area contributed by atoms with Crippen molar-refractivity contribution in [3.8, 4) is 0 Å². The highest BCUT2D eigenvalue weighted by atomic mass is 32.2. The lowest BCUT2D eigenvalue weighted by Gasteiger charge is -2.38. The predicted molar refractivity (Wildman–Crippen MR) is 95.0 cm³/mol. The molecule has 2 aromatic carbocycles. The first-order chi connectivity index (χ1) is 11.8. The molecule has 2 aromatic rings. The monoisotopic (exact) mass is 380 g/mol. The summed E-state index contributed by atoms with van der Waals surface area (Å²) in [7, 11) is -7.25. The zero-order valence-corrected chi connectivity index (χ0v) is 15.4. The molecule has 25 heavy (non-hydrogen) atoms. The SMILES string of the molecule is C[C@H]1CN(S(=O)(=O)c2ccccc2)CCN1S(=O)(=O)c1ccccc1. The van der Waals surface area contributed by atoms with Gasteiger partial charge in [0.25, 0.3) is 0 Å². The lowest BCUT2D eigenvalue weighted by molar-refractivity contribution is 0.212. The molecule has 0 N–H and O–H groups in total. The molecule has 1 heterocycles. The van der Waals surface area contributed by atoms with Crippen LogP contribution in [0.2, 0.25) is 0 Å². The molecule has 0 aliphatic carbocycles. The number of hydrogen-bond acceptors (Lipinski definition) is 4. The van der Waals surface area contributed by atoms with E-state index in [9.17, 15) is 16.8 Å². The molecule has 8 heteroatoms. The number of nitrogens with zero attached hydrogens (tertiary/aromatic N) is 2. The molecular weight excluding hydrogens is 360 g/mol. The summed E-state index contributed by atoms with van der Waals surface area (Å²) in [4.78, 5) is 0.447.